The zero-order valence-corrected chi connectivity index (χ0v) is 15.6. The smallest absolute Gasteiger partial charge is 0.325 e. The number of carbonyl (C=O) groups excluding carboxylic acids is 4. The first-order valence-electron chi connectivity index (χ1n) is 8.80. The van der Waals surface area contributed by atoms with Crippen LogP contribution in [0.2, 0.25) is 0 Å². The van der Waals surface area contributed by atoms with Gasteiger partial charge in [-0.25, -0.2) is 0 Å². The molecule has 1 heterocycles. The maximum absolute atomic E-state index is 12.2. The summed E-state index contributed by atoms with van der Waals surface area (Å²) in [6, 6.07) is 6.47. The van der Waals surface area contributed by atoms with Crippen molar-refractivity contribution in [1.82, 2.24) is 9.80 Å². The molecule has 1 aliphatic rings. The fraction of sp³-hybridized carbons (Fsp3) is 0.389. The fourth-order valence-corrected chi connectivity index (χ4v) is 2.63. The van der Waals surface area contributed by atoms with Gasteiger partial charge >= 0.3 is 17.8 Å². The number of piperazine rings is 1. The van der Waals surface area contributed by atoms with Crippen LogP contribution in [0.15, 0.2) is 24.3 Å². The van der Waals surface area contributed by atoms with Crippen molar-refractivity contribution in [1.29, 1.82) is 5.41 Å². The standard InChI is InChI=1S/C18H23N5O5/c1-2-28-15(25)11-23-10-9-22(17(26)18(23)27)8-7-14(24)21-13-5-3-12(4-6-13)16(19)20/h3-6H,2,7-11H2,1H3,(H3,19,20)(H,21,24). The van der Waals surface area contributed by atoms with Crippen LogP contribution < -0.4 is 11.1 Å². The number of hydrogen-bond donors (Lipinski definition) is 3. The Balaban J connectivity index is 1.81. The lowest BCUT2D eigenvalue weighted by molar-refractivity contribution is -0.159. The molecular formula is C18H23N5O5. The fourth-order valence-electron chi connectivity index (χ4n) is 2.63. The van der Waals surface area contributed by atoms with Crippen molar-refractivity contribution in [2.24, 2.45) is 5.73 Å². The highest BCUT2D eigenvalue weighted by Crippen LogP contribution is 2.11. The largest absolute Gasteiger partial charge is 0.465 e. The van der Waals surface area contributed by atoms with Crippen molar-refractivity contribution >= 4 is 35.2 Å². The molecule has 0 spiro atoms. The molecule has 0 unspecified atom stereocenters. The lowest BCUT2D eigenvalue weighted by Crippen LogP contribution is -2.55. The van der Waals surface area contributed by atoms with E-state index in [0.717, 1.165) is 4.90 Å². The number of nitrogen functional groups attached to an aromatic ring is 1. The Hall–Kier alpha value is -3.43. The van der Waals surface area contributed by atoms with Crippen molar-refractivity contribution < 1.29 is 23.9 Å². The second-order valence-electron chi connectivity index (χ2n) is 6.11. The van der Waals surface area contributed by atoms with E-state index < -0.39 is 17.8 Å². The van der Waals surface area contributed by atoms with Gasteiger partial charge in [0.15, 0.2) is 0 Å². The lowest BCUT2D eigenvalue weighted by atomic mass is 10.2. The minimum absolute atomic E-state index is 0.0192. The van der Waals surface area contributed by atoms with Gasteiger partial charge in [0.1, 0.15) is 12.4 Å². The molecule has 4 N–H and O–H groups in total. The Morgan fingerprint density at radius 3 is 2.36 bits per heavy atom. The molecule has 0 aliphatic carbocycles. The quantitative estimate of drug-likeness (QED) is 0.237. The van der Waals surface area contributed by atoms with E-state index in [9.17, 15) is 19.2 Å². The Morgan fingerprint density at radius 2 is 1.75 bits per heavy atom. The second kappa shape index (κ2) is 9.49. The molecule has 1 saturated heterocycles. The first-order valence-corrected chi connectivity index (χ1v) is 8.80. The van der Waals surface area contributed by atoms with Gasteiger partial charge < -0.3 is 25.6 Å². The van der Waals surface area contributed by atoms with Crippen LogP contribution in [0.5, 0.6) is 0 Å². The Morgan fingerprint density at radius 1 is 1.14 bits per heavy atom. The average molecular weight is 389 g/mol. The predicted molar refractivity (Wildman–Crippen MR) is 100 cm³/mol. The maximum Gasteiger partial charge on any atom is 0.325 e. The van der Waals surface area contributed by atoms with E-state index in [1.165, 1.54) is 4.90 Å². The molecule has 1 aliphatic heterocycles. The number of carbonyl (C=O) groups is 4. The topological polar surface area (TPSA) is 146 Å². The number of hydrogen-bond acceptors (Lipinski definition) is 6. The third-order valence-corrected chi connectivity index (χ3v) is 4.11. The molecule has 10 heteroatoms. The molecule has 1 fully saturated rings. The number of rotatable bonds is 8. The van der Waals surface area contributed by atoms with E-state index in [4.69, 9.17) is 15.9 Å². The number of nitrogens with zero attached hydrogens (tertiary/aromatic N) is 2. The summed E-state index contributed by atoms with van der Waals surface area (Å²) in [6.45, 7) is 2.14. The van der Waals surface area contributed by atoms with Gasteiger partial charge in [0.25, 0.3) is 0 Å². The second-order valence-corrected chi connectivity index (χ2v) is 6.11. The predicted octanol–water partition coefficient (Wildman–Crippen LogP) is -0.467. The van der Waals surface area contributed by atoms with Crippen LogP contribution in [0.4, 0.5) is 5.69 Å². The molecule has 1 aromatic carbocycles. The van der Waals surface area contributed by atoms with Crippen LogP contribution in [-0.2, 0) is 23.9 Å². The summed E-state index contributed by atoms with van der Waals surface area (Å²) in [7, 11) is 0. The SMILES string of the molecule is CCOC(=O)CN1CCN(CCC(=O)Nc2ccc(C(=N)N)cc2)C(=O)C1=O. The Labute approximate surface area is 162 Å². The number of amides is 3. The molecule has 28 heavy (non-hydrogen) atoms. The molecule has 0 saturated carbocycles. The van der Waals surface area contributed by atoms with Crippen molar-refractivity contribution in [2.45, 2.75) is 13.3 Å². The van der Waals surface area contributed by atoms with E-state index in [1.807, 2.05) is 0 Å². The highest BCUT2D eigenvalue weighted by molar-refractivity contribution is 6.35. The molecule has 1 aromatic rings. The zero-order chi connectivity index (χ0) is 20.7. The van der Waals surface area contributed by atoms with E-state index in [-0.39, 0.29) is 50.9 Å². The highest BCUT2D eigenvalue weighted by atomic mass is 16.5. The first kappa shape index (κ1) is 20.9. The lowest BCUT2D eigenvalue weighted by Gasteiger charge is -2.33. The summed E-state index contributed by atoms with van der Waals surface area (Å²) >= 11 is 0. The summed E-state index contributed by atoms with van der Waals surface area (Å²) in [5.74, 6) is -2.46. The van der Waals surface area contributed by atoms with Crippen LogP contribution in [-0.4, -0.2) is 72.1 Å². The Kier molecular flexibility index (Phi) is 7.08. The van der Waals surface area contributed by atoms with Crippen LogP contribution in [0, 0.1) is 5.41 Å². The number of nitrogens with two attached hydrogens (primary N) is 1. The van der Waals surface area contributed by atoms with Gasteiger partial charge in [-0.15, -0.1) is 0 Å². The summed E-state index contributed by atoms with van der Waals surface area (Å²) in [5.41, 5.74) is 6.46. The van der Waals surface area contributed by atoms with Gasteiger partial charge in [0.05, 0.1) is 6.61 Å². The van der Waals surface area contributed by atoms with Crippen molar-refractivity contribution in [2.75, 3.05) is 38.1 Å². The van der Waals surface area contributed by atoms with E-state index in [2.05, 4.69) is 5.32 Å². The summed E-state index contributed by atoms with van der Waals surface area (Å²) in [4.78, 5) is 50.3. The zero-order valence-electron chi connectivity index (χ0n) is 15.6. The van der Waals surface area contributed by atoms with Gasteiger partial charge in [-0.3, -0.25) is 24.6 Å². The number of nitrogens with one attached hydrogen (secondary N) is 2. The van der Waals surface area contributed by atoms with Crippen LogP contribution in [0.25, 0.3) is 0 Å². The number of benzene rings is 1. The summed E-state index contributed by atoms with van der Waals surface area (Å²) in [5, 5.41) is 10.0. The average Bonchev–Trinajstić information content (AvgIpc) is 2.65. The summed E-state index contributed by atoms with van der Waals surface area (Å²) < 4.78 is 4.78. The molecule has 150 valence electrons. The van der Waals surface area contributed by atoms with E-state index in [0.29, 0.717) is 11.3 Å². The first-order chi connectivity index (χ1) is 13.3. The van der Waals surface area contributed by atoms with E-state index >= 15 is 0 Å². The monoisotopic (exact) mass is 389 g/mol. The molecule has 3 amide bonds. The van der Waals surface area contributed by atoms with E-state index in [1.54, 1.807) is 31.2 Å². The molecule has 0 aromatic heterocycles. The highest BCUT2D eigenvalue weighted by Gasteiger charge is 2.33. The maximum atomic E-state index is 12.2. The number of amidine groups is 1. The third kappa shape index (κ3) is 5.53. The number of anilines is 1. The van der Waals surface area contributed by atoms with Gasteiger partial charge in [-0.05, 0) is 31.2 Å². The van der Waals surface area contributed by atoms with Gasteiger partial charge in [0.2, 0.25) is 5.91 Å². The molecular weight excluding hydrogens is 366 g/mol. The minimum Gasteiger partial charge on any atom is -0.465 e. The molecule has 0 radical (unpaired) electrons. The van der Waals surface area contributed by atoms with Gasteiger partial charge in [-0.1, -0.05) is 0 Å². The molecule has 0 atom stereocenters. The van der Waals surface area contributed by atoms with Gasteiger partial charge in [-0.2, -0.15) is 0 Å². The van der Waals surface area contributed by atoms with Crippen LogP contribution in [0.1, 0.15) is 18.9 Å². The van der Waals surface area contributed by atoms with Crippen LogP contribution in [0.3, 0.4) is 0 Å². The normalized spacial score (nSPS) is 14.0. The van der Waals surface area contributed by atoms with Crippen molar-refractivity contribution in [3.63, 3.8) is 0 Å². The van der Waals surface area contributed by atoms with Gasteiger partial charge in [0, 0.05) is 37.3 Å². The number of ether oxygens (including phenoxy) is 1. The summed E-state index contributed by atoms with van der Waals surface area (Å²) in [6.07, 6.45) is 0.0192. The van der Waals surface area contributed by atoms with Crippen molar-refractivity contribution in [3.8, 4) is 0 Å². The molecule has 2 rings (SSSR count). The molecule has 0 bridgehead atoms. The van der Waals surface area contributed by atoms with Crippen LogP contribution >= 0.6 is 0 Å². The van der Waals surface area contributed by atoms with Crippen molar-refractivity contribution in [3.05, 3.63) is 29.8 Å². The Bertz CT molecular complexity index is 777. The molecule has 10 nitrogen and oxygen atoms in total. The number of esters is 1. The minimum atomic E-state index is -0.778. The third-order valence-electron chi connectivity index (χ3n) is 4.11.